The average molecular weight is 374 g/mol. The van der Waals surface area contributed by atoms with Gasteiger partial charge < -0.3 is 10.2 Å². The number of aryl methyl sites for hydroxylation is 1. The number of benzene rings is 1. The summed E-state index contributed by atoms with van der Waals surface area (Å²) in [6.07, 6.45) is 0. The van der Waals surface area contributed by atoms with Gasteiger partial charge in [0.1, 0.15) is 11.5 Å². The normalized spacial score (nSPS) is 10.7. The predicted octanol–water partition coefficient (Wildman–Crippen LogP) is 1.67. The molecule has 0 aliphatic carbocycles. The molecule has 7 nitrogen and oxygen atoms in total. The van der Waals surface area contributed by atoms with Gasteiger partial charge >= 0.3 is 0 Å². The molecule has 0 radical (unpaired) electrons. The first-order valence-electron chi connectivity index (χ1n) is 8.69. The molecule has 2 aromatic rings. The number of rotatable bonds is 6. The Morgan fingerprint density at radius 3 is 2.56 bits per heavy atom. The molecular formula is C19H23FN4O3. The van der Waals surface area contributed by atoms with Gasteiger partial charge in [-0.25, -0.2) is 9.07 Å². The Morgan fingerprint density at radius 1 is 1.30 bits per heavy atom. The Morgan fingerprint density at radius 2 is 1.96 bits per heavy atom. The third-order valence-electron chi connectivity index (χ3n) is 3.84. The quantitative estimate of drug-likeness (QED) is 0.834. The minimum Gasteiger partial charge on any atom is -0.352 e. The second-order valence-electron chi connectivity index (χ2n) is 6.40. The van der Waals surface area contributed by atoms with Crippen LogP contribution >= 0.6 is 0 Å². The molecule has 0 aliphatic rings. The third kappa shape index (κ3) is 4.78. The Kier molecular flexibility index (Phi) is 6.44. The maximum absolute atomic E-state index is 14.1. The van der Waals surface area contributed by atoms with Crippen molar-refractivity contribution in [3.63, 3.8) is 0 Å². The molecule has 0 spiro atoms. The highest BCUT2D eigenvalue weighted by Crippen LogP contribution is 2.13. The lowest BCUT2D eigenvalue weighted by Gasteiger charge is -2.21. The molecule has 8 heteroatoms. The number of carbonyl (C=O) groups is 2. The SMILES string of the molecule is CCN(CC(=O)NC(C)C)C(=O)c1nn(-c2ccccc2F)c(C)cc1=O. The Bertz CT molecular complexity index is 908. The molecular weight excluding hydrogens is 351 g/mol. The summed E-state index contributed by atoms with van der Waals surface area (Å²) in [5.74, 6) is -1.54. The van der Waals surface area contributed by atoms with Gasteiger partial charge in [0, 0.05) is 24.3 Å². The fourth-order valence-corrected chi connectivity index (χ4v) is 2.58. The van der Waals surface area contributed by atoms with Crippen molar-refractivity contribution >= 4 is 11.8 Å². The van der Waals surface area contributed by atoms with E-state index in [0.29, 0.717) is 5.69 Å². The summed E-state index contributed by atoms with van der Waals surface area (Å²) in [7, 11) is 0. The molecule has 0 aliphatic heterocycles. The third-order valence-corrected chi connectivity index (χ3v) is 3.84. The number of nitrogens with one attached hydrogen (secondary N) is 1. The maximum atomic E-state index is 14.1. The lowest BCUT2D eigenvalue weighted by atomic mass is 10.2. The van der Waals surface area contributed by atoms with Gasteiger partial charge in [-0.15, -0.1) is 0 Å². The minimum absolute atomic E-state index is 0.0675. The summed E-state index contributed by atoms with van der Waals surface area (Å²) in [5.41, 5.74) is -0.414. The van der Waals surface area contributed by atoms with Crippen molar-refractivity contribution in [3.8, 4) is 5.69 Å². The van der Waals surface area contributed by atoms with Crippen LogP contribution in [0.4, 0.5) is 4.39 Å². The van der Waals surface area contributed by atoms with Gasteiger partial charge in [-0.2, -0.15) is 5.10 Å². The van der Waals surface area contributed by atoms with Crippen molar-refractivity contribution in [1.29, 1.82) is 0 Å². The molecule has 1 aromatic carbocycles. The van der Waals surface area contributed by atoms with Crippen LogP contribution in [0.3, 0.4) is 0 Å². The second kappa shape index (κ2) is 8.57. The minimum atomic E-state index is -0.675. The molecule has 144 valence electrons. The average Bonchev–Trinajstić information content (AvgIpc) is 2.59. The number of likely N-dealkylation sites (N-methyl/N-ethyl adjacent to an activating group) is 1. The predicted molar refractivity (Wildman–Crippen MR) is 99.4 cm³/mol. The Balaban J connectivity index is 2.41. The smallest absolute Gasteiger partial charge is 0.278 e. The summed E-state index contributed by atoms with van der Waals surface area (Å²) in [5, 5.41) is 6.78. The van der Waals surface area contributed by atoms with Gasteiger partial charge in [0.25, 0.3) is 5.91 Å². The number of amides is 2. The van der Waals surface area contributed by atoms with Crippen LogP contribution in [0.15, 0.2) is 35.1 Å². The molecule has 0 saturated carbocycles. The highest BCUT2D eigenvalue weighted by molar-refractivity contribution is 5.94. The monoisotopic (exact) mass is 374 g/mol. The van der Waals surface area contributed by atoms with Crippen LogP contribution in [0.1, 0.15) is 37.0 Å². The van der Waals surface area contributed by atoms with Crippen LogP contribution in [0.25, 0.3) is 5.69 Å². The van der Waals surface area contributed by atoms with Crippen molar-refractivity contribution in [1.82, 2.24) is 20.0 Å². The van der Waals surface area contributed by atoms with Gasteiger partial charge in [0.05, 0.1) is 6.54 Å². The van der Waals surface area contributed by atoms with E-state index in [0.717, 1.165) is 0 Å². The highest BCUT2D eigenvalue weighted by Gasteiger charge is 2.23. The van der Waals surface area contributed by atoms with E-state index < -0.39 is 17.2 Å². The van der Waals surface area contributed by atoms with Crippen LogP contribution in [0.5, 0.6) is 0 Å². The van der Waals surface area contributed by atoms with Crippen LogP contribution in [0.2, 0.25) is 0 Å². The van der Waals surface area contributed by atoms with E-state index >= 15 is 0 Å². The van der Waals surface area contributed by atoms with Crippen molar-refractivity contribution in [3.05, 3.63) is 57.8 Å². The zero-order chi connectivity index (χ0) is 20.1. The number of para-hydroxylation sites is 1. The van der Waals surface area contributed by atoms with E-state index in [2.05, 4.69) is 10.4 Å². The lowest BCUT2D eigenvalue weighted by Crippen LogP contribution is -2.44. The zero-order valence-electron chi connectivity index (χ0n) is 15.8. The largest absolute Gasteiger partial charge is 0.352 e. The molecule has 0 fully saturated rings. The van der Waals surface area contributed by atoms with Gasteiger partial charge in [0.15, 0.2) is 5.69 Å². The van der Waals surface area contributed by atoms with Gasteiger partial charge in [0.2, 0.25) is 11.3 Å². The van der Waals surface area contributed by atoms with Crippen LogP contribution in [0, 0.1) is 12.7 Å². The number of nitrogens with zero attached hydrogens (tertiary/aromatic N) is 3. The molecule has 0 bridgehead atoms. The maximum Gasteiger partial charge on any atom is 0.278 e. The number of carbonyl (C=O) groups excluding carboxylic acids is 2. The fraction of sp³-hybridized carbons (Fsp3) is 0.368. The lowest BCUT2D eigenvalue weighted by molar-refractivity contribution is -0.122. The molecule has 0 saturated heterocycles. The first-order valence-corrected chi connectivity index (χ1v) is 8.69. The van der Waals surface area contributed by atoms with Crippen molar-refractivity contribution < 1.29 is 14.0 Å². The molecule has 2 rings (SSSR count). The van der Waals surface area contributed by atoms with E-state index in [1.54, 1.807) is 19.9 Å². The van der Waals surface area contributed by atoms with E-state index in [1.165, 1.54) is 33.8 Å². The molecule has 1 aromatic heterocycles. The first kappa shape index (κ1) is 20.3. The van der Waals surface area contributed by atoms with Crippen molar-refractivity contribution in [2.24, 2.45) is 0 Å². The molecule has 0 atom stereocenters. The molecule has 27 heavy (non-hydrogen) atoms. The number of aromatic nitrogens is 2. The van der Waals surface area contributed by atoms with Gasteiger partial charge in [-0.1, -0.05) is 12.1 Å². The Labute approximate surface area is 156 Å². The van der Waals surface area contributed by atoms with Gasteiger partial charge in [-0.05, 0) is 39.8 Å². The summed E-state index contributed by atoms with van der Waals surface area (Å²) in [4.78, 5) is 38.3. The molecule has 0 unspecified atom stereocenters. The van der Waals surface area contributed by atoms with E-state index in [-0.39, 0.29) is 36.4 Å². The first-order chi connectivity index (χ1) is 12.7. The molecule has 2 amide bonds. The standard InChI is InChI=1S/C19H23FN4O3/c1-5-23(11-17(26)21-12(2)3)19(27)18-16(25)10-13(4)24(22-18)15-9-7-6-8-14(15)20/h6-10,12H,5,11H2,1-4H3,(H,21,26). The van der Waals surface area contributed by atoms with Crippen LogP contribution in [-0.2, 0) is 4.79 Å². The number of hydrogen-bond acceptors (Lipinski definition) is 4. The topological polar surface area (TPSA) is 84.3 Å². The van der Waals surface area contributed by atoms with E-state index in [9.17, 15) is 18.8 Å². The van der Waals surface area contributed by atoms with Gasteiger partial charge in [-0.3, -0.25) is 14.4 Å². The Hall–Kier alpha value is -3.03. The van der Waals surface area contributed by atoms with E-state index in [4.69, 9.17) is 0 Å². The van der Waals surface area contributed by atoms with E-state index in [1.807, 2.05) is 13.8 Å². The second-order valence-corrected chi connectivity index (χ2v) is 6.40. The fourth-order valence-electron chi connectivity index (χ4n) is 2.58. The molecule has 1 heterocycles. The number of hydrogen-bond donors (Lipinski definition) is 1. The summed E-state index contributed by atoms with van der Waals surface area (Å²) in [6.45, 7) is 6.95. The van der Waals surface area contributed by atoms with Crippen LogP contribution in [-0.4, -0.2) is 45.6 Å². The van der Waals surface area contributed by atoms with Crippen molar-refractivity contribution in [2.45, 2.75) is 33.7 Å². The summed E-state index contributed by atoms with van der Waals surface area (Å²) < 4.78 is 15.3. The summed E-state index contributed by atoms with van der Waals surface area (Å²) >= 11 is 0. The number of halogens is 1. The summed E-state index contributed by atoms with van der Waals surface area (Å²) in [6, 6.07) is 7.10. The highest BCUT2D eigenvalue weighted by atomic mass is 19.1. The van der Waals surface area contributed by atoms with Crippen LogP contribution < -0.4 is 10.7 Å². The zero-order valence-corrected chi connectivity index (χ0v) is 15.8. The molecule has 1 N–H and O–H groups in total. The van der Waals surface area contributed by atoms with Crippen molar-refractivity contribution in [2.75, 3.05) is 13.1 Å².